The summed E-state index contributed by atoms with van der Waals surface area (Å²) in [6.45, 7) is 2.23. The summed E-state index contributed by atoms with van der Waals surface area (Å²) in [5.41, 5.74) is 14.0. The zero-order chi connectivity index (χ0) is 88.9. The molecule has 4 aromatic rings. The van der Waals surface area contributed by atoms with E-state index in [1.165, 1.54) is 52.8 Å². The van der Waals surface area contributed by atoms with Crippen LogP contribution in [0.4, 0.5) is 0 Å². The molecular formula is C79H107N19O21S3. The number of nitrogens with two attached hydrogens (primary N) is 2. The van der Waals surface area contributed by atoms with E-state index in [-0.39, 0.29) is 99.8 Å². The van der Waals surface area contributed by atoms with Gasteiger partial charge in [0.2, 0.25) is 82.7 Å². The molecule has 662 valence electrons. The van der Waals surface area contributed by atoms with Crippen LogP contribution in [0.1, 0.15) is 118 Å². The fourth-order valence-corrected chi connectivity index (χ4v) is 17.0. The lowest BCUT2D eigenvalue weighted by Crippen LogP contribution is -2.63. The van der Waals surface area contributed by atoms with Crippen molar-refractivity contribution in [1.29, 1.82) is 5.41 Å². The number of amides is 14. The Bertz CT molecular complexity index is 4400. The number of primary amides is 1. The summed E-state index contributed by atoms with van der Waals surface area (Å²) in [6, 6.07) is 1.47. The second-order valence-corrected chi connectivity index (χ2v) is 33.1. The number of nitrogens with zero attached hydrogens (tertiary/aromatic N) is 4. The molecule has 4 aliphatic heterocycles. The molecule has 4 aliphatic rings. The van der Waals surface area contributed by atoms with Gasteiger partial charge in [-0.3, -0.25) is 82.1 Å². The van der Waals surface area contributed by atoms with Gasteiger partial charge in [0.05, 0.1) is 24.5 Å². The van der Waals surface area contributed by atoms with Crippen molar-refractivity contribution in [3.05, 3.63) is 125 Å². The SMILES string of the molecule is CSCC[C@H](NC(C)=O)C(=O)N[C@H]1CSCc2cccc(c2)CSC[C@@H](C(=O)N[C@@H](CC(=O)O)C(=O)N[C@@H](Cc2c[nH]cn2)C(=O)N2Cc3ccccc3C[C@H]2C(=O)N[C@@H](CCCNC(=N)N)C(=O)N[C@@H](CC(O)O)C(N)=O)NC(=O)[C@H](Cc2ccccc2)NC(=O)[C@H](CCC(=O)O)NC(=O)[C@H]([C@@H](C)O)NC(=O)[C@@H]2CCCN2C(=O)[C@@H]2CCCN2C1=O. The molecule has 40 nitrogen and oxygen atoms in total. The summed E-state index contributed by atoms with van der Waals surface area (Å²) < 4.78 is 0. The van der Waals surface area contributed by atoms with Crippen molar-refractivity contribution < 1.29 is 102 Å². The normalized spacial score (nSPS) is 21.6. The van der Waals surface area contributed by atoms with E-state index in [1.54, 1.807) is 72.8 Å². The van der Waals surface area contributed by atoms with Crippen LogP contribution in [-0.4, -0.2) is 285 Å². The third-order valence-electron chi connectivity index (χ3n) is 20.7. The van der Waals surface area contributed by atoms with E-state index in [1.807, 2.05) is 12.3 Å². The number of hydrogen-bond donors (Lipinski definition) is 20. The van der Waals surface area contributed by atoms with Crippen molar-refractivity contribution in [3.63, 3.8) is 0 Å². The van der Waals surface area contributed by atoms with E-state index in [0.717, 1.165) is 23.6 Å². The molecule has 0 spiro atoms. The van der Waals surface area contributed by atoms with Crippen LogP contribution in [0.3, 0.4) is 0 Å². The average molecular weight is 1760 g/mol. The summed E-state index contributed by atoms with van der Waals surface area (Å²) in [6.07, 6.45) is -2.73. The van der Waals surface area contributed by atoms with Gasteiger partial charge in [-0.2, -0.15) is 35.3 Å². The van der Waals surface area contributed by atoms with Crippen molar-refractivity contribution in [2.75, 3.05) is 43.1 Å². The predicted octanol–water partition coefficient (Wildman–Crippen LogP) is -3.90. The average Bonchev–Trinajstić information content (AvgIpc) is 1.04. The molecule has 0 unspecified atom stereocenters. The summed E-state index contributed by atoms with van der Waals surface area (Å²) in [5.74, 6) is -16.5. The molecule has 0 saturated carbocycles. The van der Waals surface area contributed by atoms with Crippen molar-refractivity contribution in [2.45, 2.75) is 213 Å². The van der Waals surface area contributed by atoms with Gasteiger partial charge >= 0.3 is 11.9 Å². The minimum atomic E-state index is -2.10. The number of carbonyl (C=O) groups is 16. The fraction of sp³-hybridized carbons (Fsp3) is 0.519. The smallest absolute Gasteiger partial charge is 0.305 e. The number of aliphatic hydroxyl groups excluding tert-OH is 2. The predicted molar refractivity (Wildman–Crippen MR) is 445 cm³/mol. The highest BCUT2D eigenvalue weighted by Gasteiger charge is 2.47. The van der Waals surface area contributed by atoms with Crippen LogP contribution in [0.15, 0.2) is 91.4 Å². The minimum Gasteiger partial charge on any atom is -0.481 e. The number of thioether (sulfide) groups is 3. The van der Waals surface area contributed by atoms with E-state index < -0.39 is 224 Å². The van der Waals surface area contributed by atoms with Crippen molar-refractivity contribution in [1.82, 2.24) is 83.2 Å². The Labute approximate surface area is 715 Å². The van der Waals surface area contributed by atoms with Crippen LogP contribution in [0.5, 0.6) is 0 Å². The molecule has 2 bridgehead atoms. The quantitative estimate of drug-likeness (QED) is 0.00962. The van der Waals surface area contributed by atoms with E-state index in [4.69, 9.17) is 16.9 Å². The number of fused-ring (bicyclic) bond motifs is 5. The second-order valence-electron chi connectivity index (χ2n) is 30.0. The number of guanidine groups is 1. The summed E-state index contributed by atoms with van der Waals surface area (Å²) in [4.78, 5) is 239. The van der Waals surface area contributed by atoms with Crippen LogP contribution >= 0.6 is 35.3 Å². The number of carboxylic acid groups (broad SMARTS) is 2. The number of carboxylic acids is 2. The number of hydrogen-bond acceptors (Lipinski definition) is 24. The molecule has 43 heteroatoms. The number of benzene rings is 3. The highest BCUT2D eigenvalue weighted by atomic mass is 32.2. The monoisotopic (exact) mass is 1750 g/mol. The van der Waals surface area contributed by atoms with Crippen LogP contribution in [0.25, 0.3) is 0 Å². The van der Waals surface area contributed by atoms with E-state index in [9.17, 15) is 78.3 Å². The zero-order valence-electron chi connectivity index (χ0n) is 67.5. The van der Waals surface area contributed by atoms with Crippen LogP contribution < -0.4 is 70.0 Å². The molecule has 122 heavy (non-hydrogen) atoms. The van der Waals surface area contributed by atoms with Gasteiger partial charge < -0.3 is 115 Å². The highest BCUT2D eigenvalue weighted by Crippen LogP contribution is 2.30. The Hall–Kier alpha value is -11.4. The third kappa shape index (κ3) is 28.9. The molecule has 2 saturated heterocycles. The number of rotatable bonds is 32. The number of aromatic nitrogens is 2. The maximum Gasteiger partial charge on any atom is 0.305 e. The molecule has 0 radical (unpaired) electrons. The van der Waals surface area contributed by atoms with Gasteiger partial charge in [-0.15, -0.1) is 0 Å². The lowest BCUT2D eigenvalue weighted by molar-refractivity contribution is -0.148. The Morgan fingerprint density at radius 2 is 1.29 bits per heavy atom. The standard InChI is InChI=1S/C79H107N19O21S3/c1-42(99)65-75(116)88-51(22-23-62(101)102)68(109)90-54(30-44-13-5-4-6-14-44)70(111)93-57(39-121-37-45-15-9-16-46(29-45)38-122-40-58(94-69(110)52(24-28-120-3)86-43(2)100)77(118)97-27-12-21-60(97)78(119)96-26-11-20-59(96)73(114)95-65)72(113)91-55(34-64(105)106)71(112)92-56(32-49-35-83-41-85-49)76(117)98-36-48-18-8-7-17-47(48)31-61(98)74(115)87-50(19-10-25-84-79(81)82)67(108)89-53(66(80)107)33-63(103)104/h4-9,13-18,29,35,41-42,50-61,63,65,99,103-104H,10-12,19-28,30-34,36-40H2,1-3H3,(H2,80,107)(H,83,85)(H,86,100)(H,87,115)(H,88,116)(H,89,108)(H,90,109)(H,91,113)(H,92,112)(H,93,111)(H,94,110)(H,95,114)(H,101,102)(H,105,106)(H4,81,82,84)/t42-,50+,51+,52+,53+,54+,55+,56+,57+,58+,59+,60+,61+,65+/m1/s1. The van der Waals surface area contributed by atoms with Crippen molar-refractivity contribution in [2.24, 2.45) is 11.5 Å². The summed E-state index contributed by atoms with van der Waals surface area (Å²) >= 11 is 3.75. The number of aliphatic hydroxyl groups is 3. The lowest BCUT2D eigenvalue weighted by Gasteiger charge is -2.38. The van der Waals surface area contributed by atoms with Gasteiger partial charge in [0.1, 0.15) is 78.5 Å². The molecular weight excluding hydrogens is 1650 g/mol. The number of carbonyl (C=O) groups excluding carboxylic acids is 14. The largest absolute Gasteiger partial charge is 0.481 e. The summed E-state index contributed by atoms with van der Waals surface area (Å²) in [5, 5.41) is 86.9. The molecule has 8 rings (SSSR count). The number of aromatic amines is 1. The van der Waals surface area contributed by atoms with Gasteiger partial charge in [-0.1, -0.05) is 78.9 Å². The first-order chi connectivity index (χ1) is 58.2. The Balaban J connectivity index is 1.14. The molecule has 1 aromatic heterocycles. The van der Waals surface area contributed by atoms with E-state index in [2.05, 4.69) is 68.5 Å². The van der Waals surface area contributed by atoms with Gasteiger partial charge in [-0.25, -0.2) is 4.98 Å². The number of nitrogens with one attached hydrogen (secondary N) is 13. The topological polar surface area (TPSA) is 621 Å². The Morgan fingerprint density at radius 1 is 0.664 bits per heavy atom. The molecule has 14 atom stereocenters. The molecule has 3 aromatic carbocycles. The van der Waals surface area contributed by atoms with Crippen LogP contribution in [0, 0.1) is 5.41 Å². The number of imidazole rings is 1. The lowest BCUT2D eigenvalue weighted by atomic mass is 9.92. The van der Waals surface area contributed by atoms with Crippen LogP contribution in [0.2, 0.25) is 0 Å². The number of H-pyrrole nitrogens is 1. The molecule has 22 N–H and O–H groups in total. The molecule has 5 heterocycles. The van der Waals surface area contributed by atoms with Gasteiger partial charge in [0.15, 0.2) is 12.2 Å². The molecule has 2 fully saturated rings. The maximum absolute atomic E-state index is 15.6. The summed E-state index contributed by atoms with van der Waals surface area (Å²) in [7, 11) is 0. The maximum atomic E-state index is 15.6. The Kier molecular flexibility index (Phi) is 37.1. The zero-order valence-corrected chi connectivity index (χ0v) is 70.0. The molecule has 14 amide bonds. The van der Waals surface area contributed by atoms with Gasteiger partial charge in [-0.05, 0) is 98.1 Å². The van der Waals surface area contributed by atoms with Crippen molar-refractivity contribution >= 4 is 136 Å². The minimum absolute atomic E-state index is 0.0134. The third-order valence-corrected chi connectivity index (χ3v) is 23.6. The second kappa shape index (κ2) is 47.1. The fourth-order valence-electron chi connectivity index (χ4n) is 14.5. The van der Waals surface area contributed by atoms with Crippen molar-refractivity contribution in [3.8, 4) is 0 Å². The molecule has 0 aliphatic carbocycles. The first-order valence-electron chi connectivity index (χ1n) is 39.8. The first kappa shape index (κ1) is 96.1. The van der Waals surface area contributed by atoms with E-state index >= 15 is 24.0 Å². The van der Waals surface area contributed by atoms with Crippen LogP contribution in [-0.2, 0) is 114 Å². The highest BCUT2D eigenvalue weighted by molar-refractivity contribution is 7.99. The first-order valence-corrected chi connectivity index (χ1v) is 43.5. The van der Waals surface area contributed by atoms with Gasteiger partial charge in [0.25, 0.3) is 0 Å². The van der Waals surface area contributed by atoms with Gasteiger partial charge in [0, 0.05) is 94.4 Å². The van der Waals surface area contributed by atoms with E-state index in [0.29, 0.717) is 46.4 Å². The Morgan fingerprint density at radius 3 is 1.92 bits per heavy atom. The number of aliphatic carboxylic acids is 2.